The molecule has 138 valence electrons. The number of hydrogen-bond acceptors (Lipinski definition) is 3. The first kappa shape index (κ1) is 18.5. The van der Waals surface area contributed by atoms with Gasteiger partial charge in [0.25, 0.3) is 0 Å². The lowest BCUT2D eigenvalue weighted by atomic mass is 10.1. The van der Waals surface area contributed by atoms with E-state index in [4.69, 9.17) is 5.73 Å². The SMILES string of the molecule is Nc1ccccc1CCC(=O)Nc1ccc(CN2CCCCCC2)cc1. The molecule has 0 aromatic heterocycles. The highest BCUT2D eigenvalue weighted by Crippen LogP contribution is 2.16. The van der Waals surface area contributed by atoms with Crippen molar-refractivity contribution in [2.75, 3.05) is 24.1 Å². The van der Waals surface area contributed by atoms with Crippen LogP contribution in [0, 0.1) is 0 Å². The molecule has 0 bridgehead atoms. The van der Waals surface area contributed by atoms with E-state index >= 15 is 0 Å². The fourth-order valence-electron chi connectivity index (χ4n) is 3.48. The summed E-state index contributed by atoms with van der Waals surface area (Å²) in [5, 5.41) is 2.98. The van der Waals surface area contributed by atoms with Gasteiger partial charge in [-0.25, -0.2) is 0 Å². The van der Waals surface area contributed by atoms with Crippen molar-refractivity contribution in [3.8, 4) is 0 Å². The molecule has 1 fully saturated rings. The molecule has 1 aliphatic rings. The summed E-state index contributed by atoms with van der Waals surface area (Å²) in [5.74, 6) is 0.0218. The summed E-state index contributed by atoms with van der Waals surface area (Å²) < 4.78 is 0. The second-order valence-electron chi connectivity index (χ2n) is 7.13. The summed E-state index contributed by atoms with van der Waals surface area (Å²) in [7, 11) is 0. The number of nitrogens with two attached hydrogens (primary N) is 1. The molecule has 1 heterocycles. The zero-order valence-corrected chi connectivity index (χ0v) is 15.4. The molecular weight excluding hydrogens is 322 g/mol. The number of rotatable bonds is 6. The van der Waals surface area contributed by atoms with Crippen LogP contribution in [0.3, 0.4) is 0 Å². The Morgan fingerprint density at radius 1 is 0.962 bits per heavy atom. The average molecular weight is 351 g/mol. The normalized spacial score (nSPS) is 15.4. The van der Waals surface area contributed by atoms with E-state index in [9.17, 15) is 4.79 Å². The number of aryl methyl sites for hydroxylation is 1. The third-order valence-electron chi connectivity index (χ3n) is 5.02. The van der Waals surface area contributed by atoms with Crippen LogP contribution in [0.4, 0.5) is 11.4 Å². The first-order valence-electron chi connectivity index (χ1n) is 9.65. The summed E-state index contributed by atoms with van der Waals surface area (Å²) in [5.41, 5.74) is 9.86. The molecule has 1 aliphatic heterocycles. The van der Waals surface area contributed by atoms with Crippen LogP contribution in [-0.2, 0) is 17.8 Å². The maximum absolute atomic E-state index is 12.2. The number of benzene rings is 2. The summed E-state index contributed by atoms with van der Waals surface area (Å²) in [6.07, 6.45) is 6.42. The van der Waals surface area contributed by atoms with E-state index in [1.165, 1.54) is 44.3 Å². The van der Waals surface area contributed by atoms with Crippen molar-refractivity contribution in [2.24, 2.45) is 0 Å². The lowest BCUT2D eigenvalue weighted by Crippen LogP contribution is -2.23. The number of carbonyl (C=O) groups is 1. The number of nitrogens with one attached hydrogen (secondary N) is 1. The van der Waals surface area contributed by atoms with Gasteiger partial charge < -0.3 is 11.1 Å². The number of likely N-dealkylation sites (tertiary alicyclic amines) is 1. The Morgan fingerprint density at radius 2 is 1.65 bits per heavy atom. The van der Waals surface area contributed by atoms with E-state index in [2.05, 4.69) is 22.3 Å². The molecule has 0 atom stereocenters. The predicted octanol–water partition coefficient (Wildman–Crippen LogP) is 4.22. The first-order chi connectivity index (χ1) is 12.7. The highest BCUT2D eigenvalue weighted by atomic mass is 16.1. The van der Waals surface area contributed by atoms with Gasteiger partial charge in [-0.1, -0.05) is 43.2 Å². The molecule has 0 saturated carbocycles. The van der Waals surface area contributed by atoms with Crippen molar-refractivity contribution in [3.63, 3.8) is 0 Å². The van der Waals surface area contributed by atoms with Crippen LogP contribution >= 0.6 is 0 Å². The number of hydrogen-bond donors (Lipinski definition) is 2. The Labute approximate surface area is 156 Å². The minimum Gasteiger partial charge on any atom is -0.399 e. The van der Waals surface area contributed by atoms with Crippen molar-refractivity contribution < 1.29 is 4.79 Å². The van der Waals surface area contributed by atoms with Crippen LogP contribution in [0.5, 0.6) is 0 Å². The molecule has 4 heteroatoms. The third-order valence-corrected chi connectivity index (χ3v) is 5.02. The topological polar surface area (TPSA) is 58.4 Å². The number of nitrogen functional groups attached to an aromatic ring is 1. The van der Waals surface area contributed by atoms with Gasteiger partial charge in [0.15, 0.2) is 0 Å². The average Bonchev–Trinajstić information content (AvgIpc) is 2.91. The van der Waals surface area contributed by atoms with Crippen LogP contribution in [-0.4, -0.2) is 23.9 Å². The molecule has 4 nitrogen and oxygen atoms in total. The molecule has 0 aliphatic carbocycles. The fourth-order valence-corrected chi connectivity index (χ4v) is 3.48. The summed E-state index contributed by atoms with van der Waals surface area (Å²) in [6.45, 7) is 3.39. The van der Waals surface area contributed by atoms with E-state index in [1.807, 2.05) is 36.4 Å². The molecule has 2 aromatic rings. The minimum atomic E-state index is 0.0218. The Bertz CT molecular complexity index is 704. The van der Waals surface area contributed by atoms with Gasteiger partial charge >= 0.3 is 0 Å². The van der Waals surface area contributed by atoms with Crippen molar-refractivity contribution in [2.45, 2.75) is 45.1 Å². The van der Waals surface area contributed by atoms with E-state index in [0.717, 1.165) is 23.5 Å². The van der Waals surface area contributed by atoms with Crippen LogP contribution in [0.1, 0.15) is 43.2 Å². The fraction of sp³-hybridized carbons (Fsp3) is 0.409. The van der Waals surface area contributed by atoms with Gasteiger partial charge in [0.2, 0.25) is 5.91 Å². The van der Waals surface area contributed by atoms with Gasteiger partial charge in [-0.2, -0.15) is 0 Å². The van der Waals surface area contributed by atoms with Gasteiger partial charge in [-0.05, 0) is 61.7 Å². The van der Waals surface area contributed by atoms with Gasteiger partial charge in [0.1, 0.15) is 0 Å². The molecule has 3 N–H and O–H groups in total. The molecule has 3 rings (SSSR count). The summed E-state index contributed by atoms with van der Waals surface area (Å²) in [4.78, 5) is 14.7. The third kappa shape index (κ3) is 5.60. The van der Waals surface area contributed by atoms with E-state index in [-0.39, 0.29) is 5.91 Å². The maximum Gasteiger partial charge on any atom is 0.224 e. The van der Waals surface area contributed by atoms with Crippen LogP contribution in [0.2, 0.25) is 0 Å². The lowest BCUT2D eigenvalue weighted by Gasteiger charge is -2.19. The lowest BCUT2D eigenvalue weighted by molar-refractivity contribution is -0.116. The van der Waals surface area contributed by atoms with Crippen molar-refractivity contribution in [1.82, 2.24) is 4.90 Å². The zero-order valence-electron chi connectivity index (χ0n) is 15.4. The van der Waals surface area contributed by atoms with Crippen LogP contribution in [0.25, 0.3) is 0 Å². The van der Waals surface area contributed by atoms with Crippen molar-refractivity contribution in [1.29, 1.82) is 0 Å². The molecule has 0 radical (unpaired) electrons. The maximum atomic E-state index is 12.2. The van der Waals surface area contributed by atoms with E-state index in [0.29, 0.717) is 12.8 Å². The van der Waals surface area contributed by atoms with Crippen molar-refractivity contribution >= 4 is 17.3 Å². The smallest absolute Gasteiger partial charge is 0.224 e. The molecule has 1 amide bonds. The van der Waals surface area contributed by atoms with E-state index < -0.39 is 0 Å². The standard InChI is InChI=1S/C22H29N3O/c23-21-8-4-3-7-19(21)11-14-22(26)24-20-12-9-18(10-13-20)17-25-15-5-1-2-6-16-25/h3-4,7-10,12-13H,1-2,5-6,11,14-17,23H2,(H,24,26). The monoisotopic (exact) mass is 351 g/mol. The molecular formula is C22H29N3O. The number of anilines is 2. The number of para-hydroxylation sites is 1. The second-order valence-corrected chi connectivity index (χ2v) is 7.13. The highest BCUT2D eigenvalue weighted by molar-refractivity contribution is 5.90. The Balaban J connectivity index is 1.47. The van der Waals surface area contributed by atoms with Crippen LogP contribution < -0.4 is 11.1 Å². The van der Waals surface area contributed by atoms with Crippen molar-refractivity contribution in [3.05, 3.63) is 59.7 Å². The summed E-state index contributed by atoms with van der Waals surface area (Å²) >= 11 is 0. The van der Waals surface area contributed by atoms with Gasteiger partial charge in [0, 0.05) is 24.3 Å². The molecule has 0 spiro atoms. The molecule has 1 saturated heterocycles. The second kappa shape index (κ2) is 9.39. The Morgan fingerprint density at radius 3 is 2.35 bits per heavy atom. The van der Waals surface area contributed by atoms with Gasteiger partial charge in [-0.3, -0.25) is 9.69 Å². The number of amides is 1. The number of nitrogens with zero attached hydrogens (tertiary/aromatic N) is 1. The van der Waals surface area contributed by atoms with E-state index in [1.54, 1.807) is 0 Å². The number of carbonyl (C=O) groups excluding carboxylic acids is 1. The highest BCUT2D eigenvalue weighted by Gasteiger charge is 2.10. The van der Waals surface area contributed by atoms with Gasteiger partial charge in [0.05, 0.1) is 0 Å². The first-order valence-corrected chi connectivity index (χ1v) is 9.65. The van der Waals surface area contributed by atoms with Gasteiger partial charge in [-0.15, -0.1) is 0 Å². The molecule has 26 heavy (non-hydrogen) atoms. The van der Waals surface area contributed by atoms with Crippen LogP contribution in [0.15, 0.2) is 48.5 Å². The summed E-state index contributed by atoms with van der Waals surface area (Å²) in [6, 6.07) is 15.9. The minimum absolute atomic E-state index is 0.0218. The Kier molecular flexibility index (Phi) is 6.67. The Hall–Kier alpha value is -2.33. The predicted molar refractivity (Wildman–Crippen MR) is 108 cm³/mol. The quantitative estimate of drug-likeness (QED) is 0.766. The zero-order chi connectivity index (χ0) is 18.2. The molecule has 2 aromatic carbocycles. The molecule has 0 unspecified atom stereocenters. The largest absolute Gasteiger partial charge is 0.399 e.